The van der Waals surface area contributed by atoms with Crippen LogP contribution in [0.5, 0.6) is 0 Å². The van der Waals surface area contributed by atoms with Gasteiger partial charge in [-0.1, -0.05) is 31.7 Å². The van der Waals surface area contributed by atoms with Gasteiger partial charge in [0.15, 0.2) is 5.16 Å². The number of aromatic nitrogens is 3. The molecule has 0 saturated heterocycles. The molecule has 1 saturated carbocycles. The lowest BCUT2D eigenvalue weighted by atomic mass is 9.90. The van der Waals surface area contributed by atoms with E-state index in [9.17, 15) is 10.1 Å². The Morgan fingerprint density at radius 1 is 1.61 bits per heavy atom. The third kappa shape index (κ3) is 4.14. The number of nitriles is 1. The number of rotatable bonds is 8. The molecular formula is C16H23N5OS. The van der Waals surface area contributed by atoms with Gasteiger partial charge in [0.2, 0.25) is 5.91 Å². The first-order chi connectivity index (χ1) is 10.9. The number of thioether (sulfide) groups is 1. The van der Waals surface area contributed by atoms with Crippen LogP contribution in [-0.4, -0.2) is 32.0 Å². The van der Waals surface area contributed by atoms with E-state index in [1.54, 1.807) is 6.92 Å². The number of carbonyl (C=O) groups is 1. The van der Waals surface area contributed by atoms with Crippen LogP contribution in [-0.2, 0) is 11.3 Å². The molecule has 23 heavy (non-hydrogen) atoms. The van der Waals surface area contributed by atoms with Crippen LogP contribution < -0.4 is 5.32 Å². The summed E-state index contributed by atoms with van der Waals surface area (Å²) in [6.07, 6.45) is 4.11. The maximum Gasteiger partial charge on any atom is 0.231 e. The maximum absolute atomic E-state index is 12.2. The van der Waals surface area contributed by atoms with Crippen LogP contribution in [0.2, 0.25) is 0 Å². The molecule has 1 N–H and O–H groups in total. The Morgan fingerprint density at radius 3 is 2.83 bits per heavy atom. The Kier molecular flexibility index (Phi) is 5.47. The van der Waals surface area contributed by atoms with Gasteiger partial charge in [0.1, 0.15) is 11.4 Å². The maximum atomic E-state index is 12.2. The lowest BCUT2D eigenvalue weighted by Gasteiger charge is -2.27. The summed E-state index contributed by atoms with van der Waals surface area (Å²) >= 11 is 1.34. The first-order valence-corrected chi connectivity index (χ1v) is 8.79. The molecule has 2 rings (SSSR count). The van der Waals surface area contributed by atoms with E-state index in [4.69, 9.17) is 0 Å². The van der Waals surface area contributed by atoms with Crippen molar-refractivity contribution >= 4 is 17.7 Å². The summed E-state index contributed by atoms with van der Waals surface area (Å²) < 4.78 is 2.02. The molecule has 0 aliphatic heterocycles. The fraction of sp³-hybridized carbons (Fsp3) is 0.625. The number of nitrogens with one attached hydrogen (secondary N) is 1. The standard InChI is InChI=1S/C16H23N5OS/c1-5-8-21-14(12-6-7-12)19-20-15(21)23-9-13(22)18-16(4,10-17)11(2)3/h5,11-12H,1,6-9H2,2-4H3,(H,18,22). The van der Waals surface area contributed by atoms with Crippen LogP contribution in [0.15, 0.2) is 17.8 Å². The summed E-state index contributed by atoms with van der Waals surface area (Å²) in [4.78, 5) is 12.2. The molecule has 0 bridgehead atoms. The van der Waals surface area contributed by atoms with Crippen LogP contribution >= 0.6 is 11.8 Å². The minimum absolute atomic E-state index is 0.0346. The van der Waals surface area contributed by atoms with E-state index in [1.807, 2.05) is 24.5 Å². The Labute approximate surface area is 141 Å². The molecule has 6 nitrogen and oxygen atoms in total. The normalized spacial score (nSPS) is 16.7. The summed E-state index contributed by atoms with van der Waals surface area (Å²) in [7, 11) is 0. The second kappa shape index (κ2) is 7.18. The van der Waals surface area contributed by atoms with E-state index in [1.165, 1.54) is 11.8 Å². The van der Waals surface area contributed by atoms with Crippen molar-refractivity contribution in [2.24, 2.45) is 5.92 Å². The van der Waals surface area contributed by atoms with E-state index < -0.39 is 5.54 Å². The molecule has 0 aromatic carbocycles. The van der Waals surface area contributed by atoms with Crippen molar-refractivity contribution in [1.29, 1.82) is 5.26 Å². The largest absolute Gasteiger partial charge is 0.337 e. The van der Waals surface area contributed by atoms with Gasteiger partial charge in [-0.15, -0.1) is 16.8 Å². The van der Waals surface area contributed by atoms with Crippen molar-refractivity contribution in [2.45, 2.75) is 56.8 Å². The topological polar surface area (TPSA) is 83.6 Å². The highest BCUT2D eigenvalue weighted by Gasteiger charge is 2.31. The zero-order valence-electron chi connectivity index (χ0n) is 13.9. The average molecular weight is 333 g/mol. The minimum Gasteiger partial charge on any atom is -0.337 e. The highest BCUT2D eigenvalue weighted by Crippen LogP contribution is 2.40. The smallest absolute Gasteiger partial charge is 0.231 e. The molecule has 1 aromatic rings. The van der Waals surface area contributed by atoms with E-state index in [2.05, 4.69) is 28.2 Å². The molecule has 1 aliphatic carbocycles. The fourth-order valence-corrected chi connectivity index (χ4v) is 2.86. The Bertz CT molecular complexity index is 629. The van der Waals surface area contributed by atoms with Crippen molar-refractivity contribution in [1.82, 2.24) is 20.1 Å². The highest BCUT2D eigenvalue weighted by atomic mass is 32.2. The van der Waals surface area contributed by atoms with Crippen molar-refractivity contribution in [3.8, 4) is 6.07 Å². The van der Waals surface area contributed by atoms with E-state index >= 15 is 0 Å². The van der Waals surface area contributed by atoms with Crippen molar-refractivity contribution in [2.75, 3.05) is 5.75 Å². The first kappa shape index (κ1) is 17.5. The monoisotopic (exact) mass is 333 g/mol. The average Bonchev–Trinajstić information content (AvgIpc) is 3.28. The summed E-state index contributed by atoms with van der Waals surface area (Å²) in [6, 6.07) is 2.18. The van der Waals surface area contributed by atoms with E-state index in [0.717, 1.165) is 23.8 Å². The van der Waals surface area contributed by atoms with Gasteiger partial charge in [0.25, 0.3) is 0 Å². The SMILES string of the molecule is C=CCn1c(SCC(=O)NC(C)(C#N)C(C)C)nnc1C1CC1. The van der Waals surface area contributed by atoms with Gasteiger partial charge in [0.05, 0.1) is 11.8 Å². The molecule has 7 heteroatoms. The van der Waals surface area contributed by atoms with Gasteiger partial charge >= 0.3 is 0 Å². The quantitative estimate of drug-likeness (QED) is 0.584. The summed E-state index contributed by atoms with van der Waals surface area (Å²) in [5.74, 6) is 1.55. The molecule has 1 aliphatic rings. The van der Waals surface area contributed by atoms with E-state index in [-0.39, 0.29) is 17.6 Å². The number of hydrogen-bond acceptors (Lipinski definition) is 5. The van der Waals surface area contributed by atoms with Crippen LogP contribution in [0, 0.1) is 17.2 Å². The molecule has 1 fully saturated rings. The Balaban J connectivity index is 1.99. The summed E-state index contributed by atoms with van der Waals surface area (Å²) in [5, 5.41) is 21.3. The summed E-state index contributed by atoms with van der Waals surface area (Å²) in [5.41, 5.74) is -0.856. The molecular weight excluding hydrogens is 310 g/mol. The molecule has 1 amide bonds. The summed E-state index contributed by atoms with van der Waals surface area (Å²) in [6.45, 7) is 9.99. The van der Waals surface area contributed by atoms with Crippen LogP contribution in [0.3, 0.4) is 0 Å². The van der Waals surface area contributed by atoms with Gasteiger partial charge in [-0.2, -0.15) is 5.26 Å². The second-order valence-electron chi connectivity index (χ2n) is 6.32. The third-order valence-corrected chi connectivity index (χ3v) is 5.08. The third-order valence-electron chi connectivity index (χ3n) is 4.12. The number of allylic oxidation sites excluding steroid dienone is 1. The Hall–Kier alpha value is -1.81. The molecule has 1 atom stereocenters. The zero-order chi connectivity index (χ0) is 17.0. The Morgan fingerprint density at radius 2 is 2.30 bits per heavy atom. The fourth-order valence-electron chi connectivity index (χ4n) is 2.11. The van der Waals surface area contributed by atoms with Gasteiger partial charge in [-0.05, 0) is 25.7 Å². The van der Waals surface area contributed by atoms with Gasteiger partial charge in [-0.25, -0.2) is 0 Å². The number of amides is 1. The van der Waals surface area contributed by atoms with Gasteiger partial charge < -0.3 is 9.88 Å². The van der Waals surface area contributed by atoms with Crippen LogP contribution in [0.1, 0.15) is 45.4 Å². The van der Waals surface area contributed by atoms with Crippen molar-refractivity contribution in [3.63, 3.8) is 0 Å². The molecule has 0 spiro atoms. The second-order valence-corrected chi connectivity index (χ2v) is 7.26. The highest BCUT2D eigenvalue weighted by molar-refractivity contribution is 7.99. The first-order valence-electron chi connectivity index (χ1n) is 7.80. The molecule has 1 heterocycles. The van der Waals surface area contributed by atoms with Gasteiger partial charge in [-0.3, -0.25) is 4.79 Å². The molecule has 1 aromatic heterocycles. The molecule has 124 valence electrons. The van der Waals surface area contributed by atoms with Crippen LogP contribution in [0.25, 0.3) is 0 Å². The lowest BCUT2D eigenvalue weighted by Crippen LogP contribution is -2.49. The minimum atomic E-state index is -0.856. The molecule has 1 unspecified atom stereocenters. The number of nitrogens with zero attached hydrogens (tertiary/aromatic N) is 4. The number of carbonyl (C=O) groups excluding carboxylic acids is 1. The predicted octanol–water partition coefficient (Wildman–Crippen LogP) is 2.49. The van der Waals surface area contributed by atoms with Crippen molar-refractivity contribution in [3.05, 3.63) is 18.5 Å². The zero-order valence-corrected chi connectivity index (χ0v) is 14.7. The number of hydrogen-bond donors (Lipinski definition) is 1. The van der Waals surface area contributed by atoms with Gasteiger partial charge in [0, 0.05) is 12.5 Å². The molecule has 0 radical (unpaired) electrons. The van der Waals surface area contributed by atoms with Crippen LogP contribution in [0.4, 0.5) is 0 Å². The lowest BCUT2D eigenvalue weighted by molar-refractivity contribution is -0.120. The predicted molar refractivity (Wildman–Crippen MR) is 89.9 cm³/mol. The van der Waals surface area contributed by atoms with Crippen molar-refractivity contribution < 1.29 is 4.79 Å². The van der Waals surface area contributed by atoms with E-state index in [0.29, 0.717) is 12.5 Å².